The molecule has 2 atom stereocenters. The second-order valence-corrected chi connectivity index (χ2v) is 6.25. The van der Waals surface area contributed by atoms with Gasteiger partial charge in [-0.05, 0) is 24.8 Å². The van der Waals surface area contributed by atoms with E-state index in [-0.39, 0.29) is 18.4 Å². The number of imide groups is 1. The van der Waals surface area contributed by atoms with Crippen LogP contribution in [-0.2, 0) is 4.79 Å². The van der Waals surface area contributed by atoms with Gasteiger partial charge in [-0.15, -0.1) is 0 Å². The fourth-order valence-corrected chi connectivity index (χ4v) is 2.92. The topological polar surface area (TPSA) is 69.6 Å². The summed E-state index contributed by atoms with van der Waals surface area (Å²) in [6.45, 7) is 7.66. The number of β-amino-alcohol motifs (C(OH)–C–C–N with tert-alkyl or cyclic N) is 1. The molecule has 5 heteroatoms. The summed E-state index contributed by atoms with van der Waals surface area (Å²) < 4.78 is 0. The summed E-state index contributed by atoms with van der Waals surface area (Å²) in [5, 5.41) is 13.1. The highest BCUT2D eigenvalue weighted by Gasteiger charge is 2.52. The summed E-state index contributed by atoms with van der Waals surface area (Å²) in [5.41, 5.74) is 0.935. The van der Waals surface area contributed by atoms with Crippen LogP contribution in [0, 0.1) is 12.8 Å². The van der Waals surface area contributed by atoms with E-state index in [1.54, 1.807) is 0 Å². The van der Waals surface area contributed by atoms with Crippen molar-refractivity contribution in [3.05, 3.63) is 35.4 Å². The third-order valence-electron chi connectivity index (χ3n) is 4.56. The van der Waals surface area contributed by atoms with Crippen LogP contribution in [0.5, 0.6) is 0 Å². The number of aliphatic hydroxyl groups excluding tert-OH is 1. The van der Waals surface area contributed by atoms with Crippen LogP contribution in [0.2, 0.25) is 0 Å². The highest BCUT2D eigenvalue weighted by Crippen LogP contribution is 2.30. The van der Waals surface area contributed by atoms with Crippen LogP contribution in [0.1, 0.15) is 44.4 Å². The third kappa shape index (κ3) is 2.73. The molecule has 2 N–H and O–H groups in total. The zero-order valence-corrected chi connectivity index (χ0v) is 13.6. The molecule has 1 fully saturated rings. The van der Waals surface area contributed by atoms with Crippen molar-refractivity contribution in [3.8, 4) is 0 Å². The monoisotopic (exact) mass is 304 g/mol. The number of benzene rings is 1. The van der Waals surface area contributed by atoms with Gasteiger partial charge in [-0.25, -0.2) is 4.79 Å². The molecule has 3 amide bonds. The predicted octanol–water partition coefficient (Wildman–Crippen LogP) is 2.39. The molecule has 22 heavy (non-hydrogen) atoms. The van der Waals surface area contributed by atoms with Gasteiger partial charge in [-0.1, -0.05) is 50.6 Å². The number of aliphatic hydroxyl groups is 1. The largest absolute Gasteiger partial charge is 0.387 e. The van der Waals surface area contributed by atoms with Gasteiger partial charge in [0.1, 0.15) is 5.54 Å². The van der Waals surface area contributed by atoms with Gasteiger partial charge in [0.15, 0.2) is 0 Å². The molecule has 1 aliphatic rings. The Morgan fingerprint density at radius 2 is 1.82 bits per heavy atom. The van der Waals surface area contributed by atoms with Crippen molar-refractivity contribution >= 4 is 11.9 Å². The van der Waals surface area contributed by atoms with E-state index in [1.807, 2.05) is 52.0 Å². The Morgan fingerprint density at radius 3 is 2.27 bits per heavy atom. The van der Waals surface area contributed by atoms with Crippen LogP contribution in [-0.4, -0.2) is 34.0 Å². The SMILES string of the molecule is CCC1(C(C)C)NC(=O)N(CC(O)c2ccc(C)cc2)C1=O. The molecule has 1 aromatic rings. The molecular weight excluding hydrogens is 280 g/mol. The van der Waals surface area contributed by atoms with Crippen molar-refractivity contribution in [2.45, 2.75) is 45.8 Å². The van der Waals surface area contributed by atoms with Crippen molar-refractivity contribution in [3.63, 3.8) is 0 Å². The van der Waals surface area contributed by atoms with Gasteiger partial charge >= 0.3 is 6.03 Å². The number of urea groups is 1. The van der Waals surface area contributed by atoms with Gasteiger partial charge in [0.25, 0.3) is 5.91 Å². The van der Waals surface area contributed by atoms with Gasteiger partial charge in [0, 0.05) is 0 Å². The number of nitrogens with zero attached hydrogens (tertiary/aromatic N) is 1. The summed E-state index contributed by atoms with van der Waals surface area (Å²) >= 11 is 0. The molecule has 0 aromatic heterocycles. The Balaban J connectivity index is 2.17. The maximum Gasteiger partial charge on any atom is 0.325 e. The van der Waals surface area contributed by atoms with E-state index in [0.29, 0.717) is 12.0 Å². The van der Waals surface area contributed by atoms with E-state index in [4.69, 9.17) is 0 Å². The highest BCUT2D eigenvalue weighted by molar-refractivity contribution is 6.07. The maximum atomic E-state index is 12.7. The fraction of sp³-hybridized carbons (Fsp3) is 0.529. The number of aryl methyl sites for hydroxylation is 1. The lowest BCUT2D eigenvalue weighted by atomic mass is 9.84. The van der Waals surface area contributed by atoms with Crippen molar-refractivity contribution < 1.29 is 14.7 Å². The first kappa shape index (κ1) is 16.5. The molecule has 1 aliphatic heterocycles. The van der Waals surface area contributed by atoms with Crippen LogP contribution < -0.4 is 5.32 Å². The molecule has 2 rings (SSSR count). The second-order valence-electron chi connectivity index (χ2n) is 6.25. The first-order chi connectivity index (χ1) is 10.3. The molecule has 2 unspecified atom stereocenters. The van der Waals surface area contributed by atoms with Gasteiger partial charge < -0.3 is 10.4 Å². The van der Waals surface area contributed by atoms with E-state index in [2.05, 4.69) is 5.32 Å². The molecule has 0 aliphatic carbocycles. The highest BCUT2D eigenvalue weighted by atomic mass is 16.3. The average molecular weight is 304 g/mol. The van der Waals surface area contributed by atoms with Crippen LogP contribution in [0.4, 0.5) is 4.79 Å². The Kier molecular flexibility index (Phi) is 4.56. The Labute approximate surface area is 131 Å². The van der Waals surface area contributed by atoms with Crippen LogP contribution >= 0.6 is 0 Å². The van der Waals surface area contributed by atoms with Crippen LogP contribution in [0.3, 0.4) is 0 Å². The number of carbonyl (C=O) groups is 2. The van der Waals surface area contributed by atoms with E-state index in [9.17, 15) is 14.7 Å². The molecule has 0 saturated carbocycles. The number of amides is 3. The molecule has 0 radical (unpaired) electrons. The summed E-state index contributed by atoms with van der Waals surface area (Å²) in [6, 6.07) is 7.00. The zero-order chi connectivity index (χ0) is 16.5. The van der Waals surface area contributed by atoms with Gasteiger partial charge in [-0.2, -0.15) is 0 Å². The molecule has 5 nitrogen and oxygen atoms in total. The Bertz CT molecular complexity index is 568. The minimum Gasteiger partial charge on any atom is -0.387 e. The average Bonchev–Trinajstić information content (AvgIpc) is 2.73. The lowest BCUT2D eigenvalue weighted by Gasteiger charge is -2.29. The van der Waals surface area contributed by atoms with E-state index in [1.165, 1.54) is 0 Å². The third-order valence-corrected chi connectivity index (χ3v) is 4.56. The number of rotatable bonds is 5. The molecule has 0 bridgehead atoms. The minimum absolute atomic E-state index is 0.00420. The zero-order valence-electron chi connectivity index (χ0n) is 13.6. The Hall–Kier alpha value is -1.88. The summed E-state index contributed by atoms with van der Waals surface area (Å²) in [5.74, 6) is -0.253. The minimum atomic E-state index is -0.880. The first-order valence-electron chi connectivity index (χ1n) is 7.70. The van der Waals surface area contributed by atoms with Crippen molar-refractivity contribution in [2.24, 2.45) is 5.92 Å². The number of hydrogen-bond donors (Lipinski definition) is 2. The smallest absolute Gasteiger partial charge is 0.325 e. The summed E-state index contributed by atoms with van der Waals surface area (Å²) in [4.78, 5) is 26.0. The molecule has 1 aromatic carbocycles. The molecular formula is C17H24N2O3. The number of nitrogens with one attached hydrogen (secondary N) is 1. The normalized spacial score (nSPS) is 23.1. The number of hydrogen-bond acceptors (Lipinski definition) is 3. The standard InChI is InChI=1S/C17H24N2O3/c1-5-17(11(2)3)15(21)19(16(22)18-17)10-14(20)13-8-6-12(4)7-9-13/h6-9,11,14,20H,5,10H2,1-4H3,(H,18,22). The molecule has 1 saturated heterocycles. The quantitative estimate of drug-likeness (QED) is 0.821. The molecule has 1 heterocycles. The van der Waals surface area contributed by atoms with Gasteiger partial charge in [0.05, 0.1) is 12.6 Å². The van der Waals surface area contributed by atoms with Crippen LogP contribution in [0.15, 0.2) is 24.3 Å². The van der Waals surface area contributed by atoms with Crippen LogP contribution in [0.25, 0.3) is 0 Å². The lowest BCUT2D eigenvalue weighted by molar-refractivity contribution is -0.134. The van der Waals surface area contributed by atoms with Crippen molar-refractivity contribution in [2.75, 3.05) is 6.54 Å². The Morgan fingerprint density at radius 1 is 1.23 bits per heavy atom. The van der Waals surface area contributed by atoms with Crippen molar-refractivity contribution in [1.29, 1.82) is 0 Å². The van der Waals surface area contributed by atoms with Gasteiger partial charge in [-0.3, -0.25) is 9.69 Å². The lowest BCUT2D eigenvalue weighted by Crippen LogP contribution is -2.51. The van der Waals surface area contributed by atoms with E-state index < -0.39 is 17.7 Å². The molecule has 0 spiro atoms. The first-order valence-corrected chi connectivity index (χ1v) is 7.70. The maximum absolute atomic E-state index is 12.7. The summed E-state index contributed by atoms with van der Waals surface area (Å²) in [6.07, 6.45) is -0.345. The second kappa shape index (κ2) is 6.08. The fourth-order valence-electron chi connectivity index (χ4n) is 2.92. The van der Waals surface area contributed by atoms with E-state index in [0.717, 1.165) is 10.5 Å². The van der Waals surface area contributed by atoms with Crippen molar-refractivity contribution in [1.82, 2.24) is 10.2 Å². The predicted molar refractivity (Wildman–Crippen MR) is 84.2 cm³/mol. The number of carbonyl (C=O) groups excluding carboxylic acids is 2. The molecule has 120 valence electrons. The van der Waals surface area contributed by atoms with Gasteiger partial charge in [0.2, 0.25) is 0 Å². The summed E-state index contributed by atoms with van der Waals surface area (Å²) in [7, 11) is 0. The van der Waals surface area contributed by atoms with E-state index >= 15 is 0 Å².